The lowest BCUT2D eigenvalue weighted by molar-refractivity contribution is -0.233. The summed E-state index contributed by atoms with van der Waals surface area (Å²) in [5.41, 5.74) is -1.17. The summed E-state index contributed by atoms with van der Waals surface area (Å²) in [5.74, 6) is -0.545. The van der Waals surface area contributed by atoms with E-state index in [1.54, 1.807) is 0 Å². The summed E-state index contributed by atoms with van der Waals surface area (Å²) in [5, 5.41) is 34.2. The zero-order chi connectivity index (χ0) is 24.7. The fourth-order valence-electron chi connectivity index (χ4n) is 8.90. The Morgan fingerprint density at radius 1 is 1.12 bits per heavy atom. The largest absolute Gasteiger partial charge is 0.458 e. The molecule has 0 aromatic heterocycles. The summed E-state index contributed by atoms with van der Waals surface area (Å²) in [6.45, 7) is 7.54. The monoisotopic (exact) mass is 472 g/mol. The van der Waals surface area contributed by atoms with Crippen molar-refractivity contribution in [1.82, 2.24) is 0 Å². The number of aliphatic hydroxyl groups excluding tert-OH is 1. The van der Waals surface area contributed by atoms with Gasteiger partial charge >= 0.3 is 5.97 Å². The van der Waals surface area contributed by atoms with E-state index in [2.05, 4.69) is 13.0 Å². The second-order valence-electron chi connectivity index (χ2n) is 12.2. The first kappa shape index (κ1) is 24.2. The number of cyclic esters (lactones) is 1. The maximum atomic E-state index is 13.2. The molecule has 0 amide bonds. The molecule has 3 N–H and O–H groups in total. The lowest BCUT2D eigenvalue weighted by Gasteiger charge is -2.62. The SMILES string of the molecule is CC1=C(CO)C(=O)O[C@@H]([C@@H](C)[C@@]2(O)CC[C@@]3(O)[C@@H]4CC=C5CCCC(=O)[C@]5(C)[C@H]4CC[C@@]32C)C1. The maximum Gasteiger partial charge on any atom is 0.336 e. The van der Waals surface area contributed by atoms with Crippen molar-refractivity contribution in [2.75, 3.05) is 6.61 Å². The van der Waals surface area contributed by atoms with Crippen molar-refractivity contribution in [1.29, 1.82) is 0 Å². The average Bonchev–Trinajstić information content (AvgIpc) is 3.01. The summed E-state index contributed by atoms with van der Waals surface area (Å²) in [7, 11) is 0. The molecule has 0 radical (unpaired) electrons. The van der Waals surface area contributed by atoms with E-state index in [9.17, 15) is 24.9 Å². The zero-order valence-electron chi connectivity index (χ0n) is 21.0. The van der Waals surface area contributed by atoms with Crippen LogP contribution in [0.15, 0.2) is 22.8 Å². The van der Waals surface area contributed by atoms with Crippen LogP contribution in [0.3, 0.4) is 0 Å². The standard InChI is InChI=1S/C28H40O6/c1-16-14-22(34-24(31)19(16)15-29)17(2)27(32)12-13-28(33)21-9-8-18-6-5-7-23(30)26(18,4)20(21)10-11-25(27,28)3/h8,17,20-22,29,32-33H,5-7,9-15H2,1-4H3/t17-,20+,21-,22-,25-,26+,27+,28-/m1/s1. The van der Waals surface area contributed by atoms with Crippen LogP contribution >= 0.6 is 0 Å². The van der Waals surface area contributed by atoms with Gasteiger partial charge in [0.05, 0.1) is 28.8 Å². The highest BCUT2D eigenvalue weighted by atomic mass is 16.5. The second-order valence-corrected chi connectivity index (χ2v) is 12.2. The molecule has 0 saturated heterocycles. The van der Waals surface area contributed by atoms with Crippen LogP contribution in [0.25, 0.3) is 0 Å². The molecule has 3 saturated carbocycles. The number of carbonyl (C=O) groups excluding carboxylic acids is 2. The molecule has 4 aliphatic carbocycles. The van der Waals surface area contributed by atoms with Crippen molar-refractivity contribution in [2.45, 2.75) is 103 Å². The Kier molecular flexibility index (Phi) is 5.52. The molecule has 0 aromatic rings. The van der Waals surface area contributed by atoms with Crippen LogP contribution in [0.4, 0.5) is 0 Å². The topological polar surface area (TPSA) is 104 Å². The van der Waals surface area contributed by atoms with Gasteiger partial charge in [0.25, 0.3) is 0 Å². The highest BCUT2D eigenvalue weighted by Gasteiger charge is 2.73. The van der Waals surface area contributed by atoms with Gasteiger partial charge in [-0.2, -0.15) is 0 Å². The molecular weight excluding hydrogens is 432 g/mol. The van der Waals surface area contributed by atoms with E-state index in [0.29, 0.717) is 43.5 Å². The third kappa shape index (κ3) is 2.85. The number of fused-ring (bicyclic) bond motifs is 5. The molecule has 3 fully saturated rings. The molecule has 5 rings (SSSR count). The quantitative estimate of drug-likeness (QED) is 0.428. The molecule has 188 valence electrons. The molecule has 0 unspecified atom stereocenters. The minimum atomic E-state index is -1.20. The fraction of sp³-hybridized carbons (Fsp3) is 0.786. The molecule has 6 heteroatoms. The number of allylic oxidation sites excluding steroid dienone is 2. The third-order valence-corrected chi connectivity index (χ3v) is 11.3. The molecule has 0 spiro atoms. The van der Waals surface area contributed by atoms with E-state index in [4.69, 9.17) is 4.74 Å². The lowest BCUT2D eigenvalue weighted by atomic mass is 9.44. The molecule has 6 nitrogen and oxygen atoms in total. The van der Waals surface area contributed by atoms with Crippen LogP contribution in [-0.4, -0.2) is 51.0 Å². The van der Waals surface area contributed by atoms with Gasteiger partial charge in [-0.1, -0.05) is 31.1 Å². The van der Waals surface area contributed by atoms with Crippen molar-refractivity contribution in [2.24, 2.45) is 28.6 Å². The predicted molar refractivity (Wildman–Crippen MR) is 127 cm³/mol. The number of esters is 1. The molecule has 1 aliphatic heterocycles. The Balaban J connectivity index is 1.48. The first-order valence-electron chi connectivity index (χ1n) is 13.1. The van der Waals surface area contributed by atoms with Crippen molar-refractivity contribution in [3.8, 4) is 0 Å². The van der Waals surface area contributed by atoms with E-state index >= 15 is 0 Å². The number of aliphatic hydroxyl groups is 3. The average molecular weight is 473 g/mol. The lowest BCUT2D eigenvalue weighted by Crippen LogP contribution is -2.66. The Morgan fingerprint density at radius 3 is 2.53 bits per heavy atom. The van der Waals surface area contributed by atoms with Gasteiger partial charge in [-0.05, 0) is 70.6 Å². The molecule has 0 bridgehead atoms. The Morgan fingerprint density at radius 2 is 1.85 bits per heavy atom. The second kappa shape index (κ2) is 7.75. The summed E-state index contributed by atoms with van der Waals surface area (Å²) in [6.07, 6.45) is 7.81. The van der Waals surface area contributed by atoms with Crippen LogP contribution < -0.4 is 0 Å². The van der Waals surface area contributed by atoms with Gasteiger partial charge in [0.15, 0.2) is 0 Å². The van der Waals surface area contributed by atoms with Gasteiger partial charge in [0, 0.05) is 24.2 Å². The summed E-state index contributed by atoms with van der Waals surface area (Å²) < 4.78 is 5.71. The summed E-state index contributed by atoms with van der Waals surface area (Å²) in [6, 6.07) is 0. The van der Waals surface area contributed by atoms with Gasteiger partial charge in [-0.3, -0.25) is 4.79 Å². The normalized spacial score (nSPS) is 47.4. The van der Waals surface area contributed by atoms with E-state index in [1.165, 1.54) is 5.57 Å². The van der Waals surface area contributed by atoms with Gasteiger partial charge < -0.3 is 20.1 Å². The maximum absolute atomic E-state index is 13.2. The van der Waals surface area contributed by atoms with E-state index in [0.717, 1.165) is 31.3 Å². The molecule has 34 heavy (non-hydrogen) atoms. The number of ether oxygens (including phenoxy) is 1. The third-order valence-electron chi connectivity index (χ3n) is 11.3. The van der Waals surface area contributed by atoms with Crippen LogP contribution in [0.5, 0.6) is 0 Å². The molecule has 5 aliphatic rings. The highest BCUT2D eigenvalue weighted by Crippen LogP contribution is 2.69. The Bertz CT molecular complexity index is 981. The van der Waals surface area contributed by atoms with Gasteiger partial charge in [0.1, 0.15) is 11.9 Å². The van der Waals surface area contributed by atoms with Crippen molar-refractivity contribution in [3.63, 3.8) is 0 Å². The van der Waals surface area contributed by atoms with E-state index in [1.807, 2.05) is 20.8 Å². The molecular formula is C28H40O6. The van der Waals surface area contributed by atoms with Crippen molar-refractivity contribution < 1.29 is 29.6 Å². The number of Topliss-reactive ketones (excluding diaryl/α,β-unsaturated/α-hetero) is 1. The number of hydrogen-bond acceptors (Lipinski definition) is 6. The summed E-state index contributed by atoms with van der Waals surface area (Å²) in [4.78, 5) is 25.7. The first-order valence-corrected chi connectivity index (χ1v) is 13.1. The van der Waals surface area contributed by atoms with Crippen LogP contribution in [0, 0.1) is 28.6 Å². The molecule has 0 aromatic carbocycles. The Hall–Kier alpha value is -1.50. The minimum absolute atomic E-state index is 0.0696. The van der Waals surface area contributed by atoms with Gasteiger partial charge in [0.2, 0.25) is 0 Å². The van der Waals surface area contributed by atoms with Crippen molar-refractivity contribution >= 4 is 11.8 Å². The van der Waals surface area contributed by atoms with Crippen LogP contribution in [-0.2, 0) is 14.3 Å². The first-order chi connectivity index (χ1) is 15.9. The summed E-state index contributed by atoms with van der Waals surface area (Å²) >= 11 is 0. The smallest absolute Gasteiger partial charge is 0.336 e. The van der Waals surface area contributed by atoms with Crippen LogP contribution in [0.1, 0.15) is 85.5 Å². The molecule has 8 atom stereocenters. The van der Waals surface area contributed by atoms with Gasteiger partial charge in [-0.25, -0.2) is 4.79 Å². The molecule has 1 heterocycles. The van der Waals surface area contributed by atoms with Crippen molar-refractivity contribution in [3.05, 3.63) is 22.8 Å². The highest BCUT2D eigenvalue weighted by molar-refractivity contribution is 5.90. The van der Waals surface area contributed by atoms with Gasteiger partial charge in [-0.15, -0.1) is 0 Å². The van der Waals surface area contributed by atoms with E-state index in [-0.39, 0.29) is 24.4 Å². The number of ketones is 1. The Labute approximate surface area is 202 Å². The minimum Gasteiger partial charge on any atom is -0.458 e. The number of hydrogen-bond donors (Lipinski definition) is 3. The predicted octanol–water partition coefficient (Wildman–Crippen LogP) is 3.62. The fourth-order valence-corrected chi connectivity index (χ4v) is 8.90. The van der Waals surface area contributed by atoms with Crippen LogP contribution in [0.2, 0.25) is 0 Å². The number of carbonyl (C=O) groups is 2. The zero-order valence-corrected chi connectivity index (χ0v) is 21.0. The number of rotatable bonds is 3. The van der Waals surface area contributed by atoms with E-state index < -0.39 is 34.1 Å².